The molecule has 0 spiro atoms. The molecular weight excluding hydrogens is 404 g/mol. The minimum atomic E-state index is -1.09. The SMILES string of the molecule is COc1cc(CNC(=O)c2cccc3c2C(=O)N(C2CCC(=O)NC2=O)C3=O)ccn1. The van der Waals surface area contributed by atoms with Crippen LogP contribution in [0.15, 0.2) is 36.5 Å². The highest BCUT2D eigenvalue weighted by molar-refractivity contribution is 6.26. The van der Waals surface area contributed by atoms with Crippen molar-refractivity contribution in [2.45, 2.75) is 25.4 Å². The van der Waals surface area contributed by atoms with E-state index in [0.717, 1.165) is 10.5 Å². The zero-order chi connectivity index (χ0) is 22.1. The topological polar surface area (TPSA) is 135 Å². The first-order chi connectivity index (χ1) is 14.9. The van der Waals surface area contributed by atoms with Crippen LogP contribution >= 0.6 is 0 Å². The smallest absolute Gasteiger partial charge is 0.263 e. The molecular formula is C21H18N4O6. The second kappa shape index (κ2) is 7.98. The number of carbonyl (C=O) groups excluding carboxylic acids is 5. The first kappa shape index (κ1) is 20.2. The van der Waals surface area contributed by atoms with Crippen molar-refractivity contribution in [2.75, 3.05) is 7.11 Å². The number of hydrogen-bond donors (Lipinski definition) is 2. The van der Waals surface area contributed by atoms with Gasteiger partial charge in [-0.15, -0.1) is 0 Å². The molecule has 3 heterocycles. The van der Waals surface area contributed by atoms with E-state index in [2.05, 4.69) is 15.6 Å². The first-order valence-corrected chi connectivity index (χ1v) is 9.52. The Bertz CT molecular complexity index is 1130. The van der Waals surface area contributed by atoms with E-state index >= 15 is 0 Å². The van der Waals surface area contributed by atoms with E-state index in [9.17, 15) is 24.0 Å². The third-order valence-corrected chi connectivity index (χ3v) is 5.17. The predicted octanol–water partition coefficient (Wildman–Crippen LogP) is 0.421. The Labute approximate surface area is 176 Å². The molecule has 1 aromatic heterocycles. The zero-order valence-corrected chi connectivity index (χ0v) is 16.5. The summed E-state index contributed by atoms with van der Waals surface area (Å²) in [5.41, 5.74) is 0.766. The van der Waals surface area contributed by atoms with Crippen LogP contribution in [0.25, 0.3) is 0 Å². The summed E-state index contributed by atoms with van der Waals surface area (Å²) < 4.78 is 5.05. The van der Waals surface area contributed by atoms with Crippen molar-refractivity contribution in [3.05, 3.63) is 58.8 Å². The van der Waals surface area contributed by atoms with E-state index in [1.165, 1.54) is 25.3 Å². The van der Waals surface area contributed by atoms with Gasteiger partial charge in [-0.05, 0) is 30.2 Å². The number of benzene rings is 1. The minimum Gasteiger partial charge on any atom is -0.481 e. The molecule has 158 valence electrons. The van der Waals surface area contributed by atoms with Crippen molar-refractivity contribution >= 4 is 29.5 Å². The third kappa shape index (κ3) is 3.63. The molecule has 1 aromatic carbocycles. The fourth-order valence-electron chi connectivity index (χ4n) is 3.65. The second-order valence-electron chi connectivity index (χ2n) is 7.06. The summed E-state index contributed by atoms with van der Waals surface area (Å²) in [4.78, 5) is 67.1. The molecule has 0 radical (unpaired) electrons. The standard InChI is InChI=1S/C21H18N4O6/c1-31-16-9-11(7-8-22-16)10-23-18(27)12-3-2-4-13-17(12)21(30)25(20(13)29)14-5-6-15(26)24-19(14)28/h2-4,7-9,14H,5-6,10H2,1H3,(H,23,27)(H,24,26,28). The number of ether oxygens (including phenoxy) is 1. The van der Waals surface area contributed by atoms with Crippen LogP contribution in [0.1, 0.15) is 49.5 Å². The highest BCUT2D eigenvalue weighted by Crippen LogP contribution is 2.30. The summed E-state index contributed by atoms with van der Waals surface area (Å²) in [6, 6.07) is 6.66. The molecule has 2 aliphatic heterocycles. The van der Waals surface area contributed by atoms with Crippen molar-refractivity contribution in [1.29, 1.82) is 0 Å². The van der Waals surface area contributed by atoms with Crippen LogP contribution in [-0.4, -0.2) is 52.6 Å². The molecule has 10 heteroatoms. The summed E-state index contributed by atoms with van der Waals surface area (Å²) in [7, 11) is 1.48. The van der Waals surface area contributed by atoms with Crippen LogP contribution in [0.3, 0.4) is 0 Å². The number of rotatable bonds is 5. The number of nitrogens with zero attached hydrogens (tertiary/aromatic N) is 2. The molecule has 0 bridgehead atoms. The number of pyridine rings is 1. The average molecular weight is 422 g/mol. The van der Waals surface area contributed by atoms with Gasteiger partial charge in [0.2, 0.25) is 17.7 Å². The van der Waals surface area contributed by atoms with Gasteiger partial charge in [-0.25, -0.2) is 4.98 Å². The van der Waals surface area contributed by atoms with Gasteiger partial charge in [0.15, 0.2) is 0 Å². The number of methoxy groups -OCH3 is 1. The van der Waals surface area contributed by atoms with Crippen LogP contribution in [0.2, 0.25) is 0 Å². The number of imide groups is 2. The van der Waals surface area contributed by atoms with Gasteiger partial charge in [0.05, 0.1) is 23.8 Å². The Balaban J connectivity index is 1.57. The lowest BCUT2D eigenvalue weighted by molar-refractivity contribution is -0.136. The normalized spacial score (nSPS) is 18.0. The Kier molecular flexibility index (Phi) is 5.20. The van der Waals surface area contributed by atoms with Crippen molar-refractivity contribution in [2.24, 2.45) is 0 Å². The minimum absolute atomic E-state index is 0.0204. The highest BCUT2D eigenvalue weighted by atomic mass is 16.5. The Morgan fingerprint density at radius 1 is 1.23 bits per heavy atom. The number of carbonyl (C=O) groups is 5. The van der Waals surface area contributed by atoms with E-state index < -0.39 is 35.6 Å². The highest BCUT2D eigenvalue weighted by Gasteiger charge is 2.46. The van der Waals surface area contributed by atoms with E-state index in [-0.39, 0.29) is 36.1 Å². The second-order valence-corrected chi connectivity index (χ2v) is 7.06. The third-order valence-electron chi connectivity index (χ3n) is 5.17. The number of aromatic nitrogens is 1. The average Bonchev–Trinajstić information content (AvgIpc) is 3.03. The molecule has 10 nitrogen and oxygen atoms in total. The Hall–Kier alpha value is -4.08. The van der Waals surface area contributed by atoms with Crippen LogP contribution in [-0.2, 0) is 16.1 Å². The largest absolute Gasteiger partial charge is 0.481 e. The molecule has 31 heavy (non-hydrogen) atoms. The van der Waals surface area contributed by atoms with Gasteiger partial charge in [-0.3, -0.25) is 34.2 Å². The van der Waals surface area contributed by atoms with Gasteiger partial charge in [-0.1, -0.05) is 6.07 Å². The lowest BCUT2D eigenvalue weighted by Crippen LogP contribution is -2.54. The lowest BCUT2D eigenvalue weighted by atomic mass is 10.0. The molecule has 4 rings (SSSR count). The summed E-state index contributed by atoms with van der Waals surface area (Å²) in [5, 5.41) is 4.85. The molecule has 2 aliphatic rings. The Morgan fingerprint density at radius 3 is 2.77 bits per heavy atom. The van der Waals surface area contributed by atoms with E-state index in [4.69, 9.17) is 4.74 Å². The number of fused-ring (bicyclic) bond motifs is 1. The van der Waals surface area contributed by atoms with E-state index in [1.54, 1.807) is 18.3 Å². The summed E-state index contributed by atoms with van der Waals surface area (Å²) in [6.45, 7) is 0.153. The van der Waals surface area contributed by atoms with Gasteiger partial charge in [-0.2, -0.15) is 0 Å². The molecule has 1 saturated heterocycles. The molecule has 0 aliphatic carbocycles. The maximum Gasteiger partial charge on any atom is 0.263 e. The molecule has 1 fully saturated rings. The van der Waals surface area contributed by atoms with Gasteiger partial charge < -0.3 is 10.1 Å². The van der Waals surface area contributed by atoms with Crippen molar-refractivity contribution in [1.82, 2.24) is 20.5 Å². The fraction of sp³-hybridized carbons (Fsp3) is 0.238. The molecule has 2 N–H and O–H groups in total. The van der Waals surface area contributed by atoms with Gasteiger partial charge in [0.25, 0.3) is 17.7 Å². The summed E-state index contributed by atoms with van der Waals surface area (Å²) in [6.07, 6.45) is 1.61. The molecule has 5 amide bonds. The maximum atomic E-state index is 13.1. The van der Waals surface area contributed by atoms with Crippen LogP contribution in [0.4, 0.5) is 0 Å². The summed E-state index contributed by atoms with van der Waals surface area (Å²) in [5.74, 6) is -2.70. The Morgan fingerprint density at radius 2 is 2.03 bits per heavy atom. The molecule has 1 unspecified atom stereocenters. The quantitative estimate of drug-likeness (QED) is 0.667. The number of amides is 5. The number of nitrogens with one attached hydrogen (secondary N) is 2. The van der Waals surface area contributed by atoms with Crippen LogP contribution in [0, 0.1) is 0 Å². The first-order valence-electron chi connectivity index (χ1n) is 9.52. The maximum absolute atomic E-state index is 13.1. The van der Waals surface area contributed by atoms with Crippen LogP contribution < -0.4 is 15.4 Å². The molecule has 1 atom stereocenters. The lowest BCUT2D eigenvalue weighted by Gasteiger charge is -2.27. The van der Waals surface area contributed by atoms with E-state index in [0.29, 0.717) is 5.88 Å². The monoisotopic (exact) mass is 422 g/mol. The van der Waals surface area contributed by atoms with Crippen molar-refractivity contribution in [3.63, 3.8) is 0 Å². The van der Waals surface area contributed by atoms with E-state index in [1.807, 2.05) is 0 Å². The fourth-order valence-corrected chi connectivity index (χ4v) is 3.65. The predicted molar refractivity (Wildman–Crippen MR) is 105 cm³/mol. The van der Waals surface area contributed by atoms with Gasteiger partial charge >= 0.3 is 0 Å². The van der Waals surface area contributed by atoms with Gasteiger partial charge in [0.1, 0.15) is 6.04 Å². The van der Waals surface area contributed by atoms with Crippen LogP contribution in [0.5, 0.6) is 5.88 Å². The van der Waals surface area contributed by atoms with Gasteiger partial charge in [0, 0.05) is 25.2 Å². The number of hydrogen-bond acceptors (Lipinski definition) is 7. The molecule has 0 saturated carbocycles. The zero-order valence-electron chi connectivity index (χ0n) is 16.5. The summed E-state index contributed by atoms with van der Waals surface area (Å²) >= 11 is 0. The molecule has 2 aromatic rings. The van der Waals surface area contributed by atoms with Crippen molar-refractivity contribution < 1.29 is 28.7 Å². The van der Waals surface area contributed by atoms with Crippen molar-refractivity contribution in [3.8, 4) is 5.88 Å². The number of piperidine rings is 1.